The van der Waals surface area contributed by atoms with Crippen molar-refractivity contribution in [3.63, 3.8) is 0 Å². The number of rotatable bonds is 1. The van der Waals surface area contributed by atoms with Gasteiger partial charge in [0, 0.05) is 4.47 Å². The molecule has 3 nitrogen and oxygen atoms in total. The third-order valence-electron chi connectivity index (χ3n) is 1.56. The van der Waals surface area contributed by atoms with Gasteiger partial charge in [0.1, 0.15) is 0 Å². The zero-order chi connectivity index (χ0) is 9.26. The summed E-state index contributed by atoms with van der Waals surface area (Å²) in [7, 11) is 0. The Morgan fingerprint density at radius 2 is 2.00 bits per heavy atom. The monoisotopic (exact) mass is 256 g/mol. The van der Waals surface area contributed by atoms with Crippen LogP contribution in [-0.2, 0) is 15.9 Å². The lowest BCUT2D eigenvalue weighted by Gasteiger charge is -2.09. The SMILES string of the molecule is O=C1C=S=NN1c1ccc(Br)cc1. The molecule has 1 aromatic rings. The van der Waals surface area contributed by atoms with Crippen LogP contribution in [-0.4, -0.2) is 11.3 Å². The summed E-state index contributed by atoms with van der Waals surface area (Å²) >= 11 is 4.48. The summed E-state index contributed by atoms with van der Waals surface area (Å²) in [6, 6.07) is 7.43. The second-order valence-corrected chi connectivity index (χ2v) is 3.96. The fraction of sp³-hybridized carbons (Fsp3) is 0. The molecule has 1 aromatic carbocycles. The predicted molar refractivity (Wildman–Crippen MR) is 57.5 cm³/mol. The molecule has 1 aliphatic rings. The molecule has 1 heterocycles. The molecular weight excluding hydrogens is 252 g/mol. The largest absolute Gasteiger partial charge is 0.283 e. The number of benzene rings is 1. The maximum absolute atomic E-state index is 11.2. The highest BCUT2D eigenvalue weighted by molar-refractivity contribution is 9.10. The Balaban J connectivity index is 2.32. The van der Waals surface area contributed by atoms with Crippen molar-refractivity contribution in [3.8, 4) is 0 Å². The molecule has 66 valence electrons. The third-order valence-corrected chi connectivity index (χ3v) is 2.66. The molecule has 0 bridgehead atoms. The zero-order valence-electron chi connectivity index (χ0n) is 6.48. The van der Waals surface area contributed by atoms with E-state index in [1.54, 1.807) is 0 Å². The van der Waals surface area contributed by atoms with Crippen LogP contribution in [0, 0.1) is 0 Å². The quantitative estimate of drug-likeness (QED) is 0.706. The van der Waals surface area contributed by atoms with Crippen LogP contribution in [0.1, 0.15) is 0 Å². The lowest BCUT2D eigenvalue weighted by atomic mass is 10.3. The maximum Gasteiger partial charge on any atom is 0.283 e. The van der Waals surface area contributed by atoms with Gasteiger partial charge < -0.3 is 0 Å². The van der Waals surface area contributed by atoms with Crippen LogP contribution in [0.4, 0.5) is 5.69 Å². The van der Waals surface area contributed by atoms with E-state index in [9.17, 15) is 4.79 Å². The fourth-order valence-electron chi connectivity index (χ4n) is 0.963. The molecule has 0 spiro atoms. The molecule has 1 amide bonds. The fourth-order valence-corrected chi connectivity index (χ4v) is 1.73. The highest BCUT2D eigenvalue weighted by Crippen LogP contribution is 2.19. The number of hydrogen-bond donors (Lipinski definition) is 0. The van der Waals surface area contributed by atoms with E-state index in [-0.39, 0.29) is 5.91 Å². The molecule has 5 heteroatoms. The first kappa shape index (κ1) is 8.65. The number of carbonyl (C=O) groups excluding carboxylic acids is 1. The molecule has 0 N–H and O–H groups in total. The van der Waals surface area contributed by atoms with E-state index in [1.807, 2.05) is 24.3 Å². The lowest BCUT2D eigenvalue weighted by Crippen LogP contribution is -2.21. The summed E-state index contributed by atoms with van der Waals surface area (Å²) in [4.78, 5) is 11.2. The van der Waals surface area contributed by atoms with Gasteiger partial charge in [0.2, 0.25) is 0 Å². The predicted octanol–water partition coefficient (Wildman–Crippen LogP) is 1.78. The molecule has 2 rings (SSSR count). The van der Waals surface area contributed by atoms with E-state index in [2.05, 4.69) is 20.4 Å². The van der Waals surface area contributed by atoms with Crippen LogP contribution in [0.25, 0.3) is 0 Å². The maximum atomic E-state index is 11.2. The molecule has 1 aliphatic heterocycles. The first-order valence-electron chi connectivity index (χ1n) is 3.57. The Bertz CT molecular complexity index is 409. The standard InChI is InChI=1S/C8H5BrN2OS/c9-6-1-3-7(4-2-6)11-8(12)5-13-10-11/h1-5H. The topological polar surface area (TPSA) is 32.7 Å². The summed E-state index contributed by atoms with van der Waals surface area (Å²) in [5.74, 6) is -0.0904. The van der Waals surface area contributed by atoms with Crippen molar-refractivity contribution in [2.75, 3.05) is 5.01 Å². The Morgan fingerprint density at radius 1 is 1.31 bits per heavy atom. The lowest BCUT2D eigenvalue weighted by molar-refractivity contribution is -0.111. The molecule has 0 unspecified atom stereocenters. The minimum Gasteiger partial charge on any atom is -0.266 e. The summed E-state index contributed by atoms with van der Waals surface area (Å²) in [6.07, 6.45) is 0. The Morgan fingerprint density at radius 3 is 2.54 bits per heavy atom. The van der Waals surface area contributed by atoms with Gasteiger partial charge in [-0.25, -0.2) is 0 Å². The van der Waals surface area contributed by atoms with E-state index in [4.69, 9.17) is 0 Å². The average molecular weight is 257 g/mol. The van der Waals surface area contributed by atoms with Gasteiger partial charge in [0.25, 0.3) is 5.91 Å². The highest BCUT2D eigenvalue weighted by atomic mass is 79.9. The second-order valence-electron chi connectivity index (χ2n) is 2.43. The molecule has 0 saturated carbocycles. The van der Waals surface area contributed by atoms with Crippen LogP contribution in [0.3, 0.4) is 0 Å². The first-order valence-corrected chi connectivity index (χ1v) is 5.20. The average Bonchev–Trinajstić information content (AvgIpc) is 2.53. The normalized spacial score (nSPS) is 14.8. The molecule has 0 atom stereocenters. The first-order chi connectivity index (χ1) is 6.27. The molecule has 0 fully saturated rings. The molecule has 0 aromatic heterocycles. The Labute approximate surface area is 87.2 Å². The number of carbonyl (C=O) groups is 1. The second kappa shape index (κ2) is 3.43. The third kappa shape index (κ3) is 1.71. The number of amides is 1. The van der Waals surface area contributed by atoms with Crippen LogP contribution < -0.4 is 5.01 Å². The molecule has 0 saturated heterocycles. The van der Waals surface area contributed by atoms with E-state index < -0.39 is 0 Å². The zero-order valence-corrected chi connectivity index (χ0v) is 8.88. The summed E-state index contributed by atoms with van der Waals surface area (Å²) < 4.78 is 4.93. The van der Waals surface area contributed by atoms with Crippen LogP contribution in [0.2, 0.25) is 0 Å². The van der Waals surface area contributed by atoms with E-state index in [0.717, 1.165) is 21.3 Å². The highest BCUT2D eigenvalue weighted by Gasteiger charge is 2.14. The van der Waals surface area contributed by atoms with Crippen LogP contribution in [0.5, 0.6) is 0 Å². The molecular formula is C8H5BrN2OS. The minimum atomic E-state index is -0.0904. The van der Waals surface area contributed by atoms with Gasteiger partial charge in [0.15, 0.2) is 0 Å². The Hall–Kier alpha value is -0.940. The van der Waals surface area contributed by atoms with Crippen molar-refractivity contribution >= 4 is 44.0 Å². The van der Waals surface area contributed by atoms with Gasteiger partial charge in [-0.1, -0.05) is 15.9 Å². The van der Waals surface area contributed by atoms with Crippen molar-refractivity contribution in [2.24, 2.45) is 4.47 Å². The summed E-state index contributed by atoms with van der Waals surface area (Å²) in [5.41, 5.74) is 0.787. The number of hydrogen-bond acceptors (Lipinski definition) is 2. The van der Waals surface area contributed by atoms with Gasteiger partial charge in [-0.3, -0.25) is 4.79 Å². The van der Waals surface area contributed by atoms with E-state index >= 15 is 0 Å². The number of anilines is 1. The number of halogens is 1. The van der Waals surface area contributed by atoms with Crippen LogP contribution in [0.15, 0.2) is 33.2 Å². The van der Waals surface area contributed by atoms with Crippen LogP contribution >= 0.6 is 15.9 Å². The molecule has 0 radical (unpaired) electrons. The minimum absolute atomic E-state index is 0.0904. The Kier molecular flexibility index (Phi) is 2.28. The van der Waals surface area contributed by atoms with Gasteiger partial charge in [-0.2, -0.15) is 5.01 Å². The van der Waals surface area contributed by atoms with E-state index in [0.29, 0.717) is 0 Å². The number of nitrogens with zero attached hydrogens (tertiary/aromatic N) is 2. The van der Waals surface area contributed by atoms with Gasteiger partial charge in [-0.15, -0.1) is 4.47 Å². The summed E-state index contributed by atoms with van der Waals surface area (Å²) in [6.45, 7) is 0. The van der Waals surface area contributed by atoms with Gasteiger partial charge in [0.05, 0.1) is 11.1 Å². The van der Waals surface area contributed by atoms with E-state index in [1.165, 1.54) is 10.4 Å². The molecule has 13 heavy (non-hydrogen) atoms. The van der Waals surface area contributed by atoms with Crippen molar-refractivity contribution < 1.29 is 4.79 Å². The smallest absolute Gasteiger partial charge is 0.266 e. The summed E-state index contributed by atoms with van der Waals surface area (Å²) in [5, 5.41) is 2.85. The van der Waals surface area contributed by atoms with Crippen molar-refractivity contribution in [3.05, 3.63) is 28.7 Å². The molecule has 0 aliphatic carbocycles. The van der Waals surface area contributed by atoms with Gasteiger partial charge >= 0.3 is 0 Å². The van der Waals surface area contributed by atoms with Crippen molar-refractivity contribution in [1.82, 2.24) is 0 Å². The van der Waals surface area contributed by atoms with Gasteiger partial charge in [-0.05, 0) is 35.4 Å². The van der Waals surface area contributed by atoms with Crippen molar-refractivity contribution in [1.29, 1.82) is 0 Å². The van der Waals surface area contributed by atoms with Crippen molar-refractivity contribution in [2.45, 2.75) is 0 Å².